The summed E-state index contributed by atoms with van der Waals surface area (Å²) in [6, 6.07) is 10.6. The van der Waals surface area contributed by atoms with Crippen LogP contribution in [0.25, 0.3) is 0 Å². The van der Waals surface area contributed by atoms with Gasteiger partial charge in [0.1, 0.15) is 5.75 Å². The maximum atomic E-state index is 13.1. The molecule has 0 aromatic heterocycles. The first-order valence-electron chi connectivity index (χ1n) is 12.2. The molecule has 1 aliphatic rings. The monoisotopic (exact) mass is 508 g/mol. The van der Waals surface area contributed by atoms with Crippen molar-refractivity contribution in [2.45, 2.75) is 38.9 Å². The smallest absolute Gasteiger partial charge is 0.416 e. The molecule has 36 heavy (non-hydrogen) atoms. The quantitative estimate of drug-likeness (QED) is 0.425. The van der Waals surface area contributed by atoms with Crippen LogP contribution in [-0.4, -0.2) is 51.3 Å². The van der Waals surface area contributed by atoms with E-state index in [0.717, 1.165) is 30.5 Å². The van der Waals surface area contributed by atoms with E-state index in [1.54, 1.807) is 14.2 Å². The van der Waals surface area contributed by atoms with E-state index in [4.69, 9.17) is 14.2 Å². The highest BCUT2D eigenvalue weighted by molar-refractivity contribution is 5.79. The molecule has 9 heteroatoms. The van der Waals surface area contributed by atoms with Crippen LogP contribution in [0, 0.1) is 11.8 Å². The molecule has 2 atom stereocenters. The van der Waals surface area contributed by atoms with Crippen molar-refractivity contribution >= 4 is 5.91 Å². The zero-order chi connectivity index (χ0) is 26.1. The third kappa shape index (κ3) is 7.78. The number of benzene rings is 2. The number of halogens is 3. The summed E-state index contributed by atoms with van der Waals surface area (Å²) in [5.41, 5.74) is 0.268. The van der Waals surface area contributed by atoms with Crippen molar-refractivity contribution in [3.05, 3.63) is 53.6 Å². The van der Waals surface area contributed by atoms with Crippen molar-refractivity contribution in [1.29, 1.82) is 0 Å². The zero-order valence-corrected chi connectivity index (χ0v) is 21.1. The van der Waals surface area contributed by atoms with Crippen molar-refractivity contribution < 1.29 is 32.2 Å². The molecule has 0 spiro atoms. The average Bonchev–Trinajstić information content (AvgIpc) is 2.87. The number of hydrogen-bond acceptors (Lipinski definition) is 5. The molecule has 1 fully saturated rings. The second-order valence-electron chi connectivity index (χ2n) is 9.16. The van der Waals surface area contributed by atoms with E-state index in [1.807, 2.05) is 18.2 Å². The second-order valence-corrected chi connectivity index (χ2v) is 9.16. The predicted molar refractivity (Wildman–Crippen MR) is 131 cm³/mol. The molecule has 0 radical (unpaired) electrons. The zero-order valence-electron chi connectivity index (χ0n) is 21.1. The van der Waals surface area contributed by atoms with Crippen LogP contribution >= 0.6 is 0 Å². The molecule has 6 nitrogen and oxygen atoms in total. The minimum atomic E-state index is -4.43. The Morgan fingerprint density at radius 2 is 1.86 bits per heavy atom. The summed E-state index contributed by atoms with van der Waals surface area (Å²) in [6.45, 7) is 4.77. The molecule has 0 unspecified atom stereocenters. The molecular formula is C27H35F3N2O4. The number of hydrogen-bond donors (Lipinski definition) is 1. The van der Waals surface area contributed by atoms with E-state index < -0.39 is 11.7 Å². The minimum Gasteiger partial charge on any atom is -0.493 e. The number of carbonyl (C=O) groups is 1. The standard InChI is InChI=1S/C27H35F3N2O4/c1-4-5-11-31-26(33)21-12-20(18-36-23-8-6-7-22(14-23)27(28,29)30)16-32(17-21)15-19-9-10-24(34-2)25(13-19)35-3/h6-10,13-14,20-21H,4-5,11-12,15-18H2,1-3H3,(H,31,33)/t20-,21+/m0/s1. The highest BCUT2D eigenvalue weighted by Gasteiger charge is 2.33. The normalized spacial score (nSPS) is 18.5. The number of likely N-dealkylation sites (tertiary alicyclic amines) is 1. The molecule has 0 bridgehead atoms. The molecule has 3 rings (SSSR count). The Hall–Kier alpha value is -2.94. The van der Waals surface area contributed by atoms with E-state index in [9.17, 15) is 18.0 Å². The van der Waals surface area contributed by atoms with E-state index in [0.29, 0.717) is 44.1 Å². The molecule has 2 aromatic carbocycles. The fourth-order valence-corrected chi connectivity index (χ4v) is 4.49. The number of rotatable bonds is 11. The van der Waals surface area contributed by atoms with E-state index in [-0.39, 0.29) is 30.1 Å². The summed E-state index contributed by atoms with van der Waals surface area (Å²) in [5.74, 6) is 1.20. The van der Waals surface area contributed by atoms with Gasteiger partial charge in [0.15, 0.2) is 11.5 Å². The van der Waals surface area contributed by atoms with Crippen LogP contribution in [0.5, 0.6) is 17.2 Å². The third-order valence-electron chi connectivity index (χ3n) is 6.31. The van der Waals surface area contributed by atoms with E-state index in [1.165, 1.54) is 12.1 Å². The van der Waals surface area contributed by atoms with Gasteiger partial charge in [-0.2, -0.15) is 13.2 Å². The van der Waals surface area contributed by atoms with Crippen LogP contribution in [0.1, 0.15) is 37.3 Å². The number of methoxy groups -OCH3 is 2. The Morgan fingerprint density at radius 1 is 1.08 bits per heavy atom. The summed E-state index contributed by atoms with van der Waals surface area (Å²) in [6.07, 6.45) is -1.92. The lowest BCUT2D eigenvalue weighted by Gasteiger charge is -2.37. The van der Waals surface area contributed by atoms with Crippen molar-refractivity contribution in [3.63, 3.8) is 0 Å². The molecular weight excluding hydrogens is 473 g/mol. The van der Waals surface area contributed by atoms with Gasteiger partial charge in [0.05, 0.1) is 32.3 Å². The summed E-state index contributed by atoms with van der Waals surface area (Å²) in [5, 5.41) is 3.02. The summed E-state index contributed by atoms with van der Waals surface area (Å²) < 4.78 is 55.7. The van der Waals surface area contributed by atoms with Gasteiger partial charge >= 0.3 is 6.18 Å². The first-order chi connectivity index (χ1) is 17.2. The van der Waals surface area contributed by atoms with Gasteiger partial charge in [-0.1, -0.05) is 25.5 Å². The SMILES string of the molecule is CCCCNC(=O)[C@@H]1C[C@H](COc2cccc(C(F)(F)F)c2)CN(Cc2ccc(OC)c(OC)c2)C1. The Bertz CT molecular complexity index is 999. The van der Waals surface area contributed by atoms with Crippen LogP contribution in [0.3, 0.4) is 0 Å². The van der Waals surface area contributed by atoms with Crippen LogP contribution in [0.15, 0.2) is 42.5 Å². The number of amides is 1. The van der Waals surface area contributed by atoms with Crippen LogP contribution in [-0.2, 0) is 17.5 Å². The van der Waals surface area contributed by atoms with Gasteiger partial charge in [-0.25, -0.2) is 0 Å². The van der Waals surface area contributed by atoms with E-state index >= 15 is 0 Å². The van der Waals surface area contributed by atoms with Crippen molar-refractivity contribution in [2.75, 3.05) is 40.5 Å². The number of carbonyl (C=O) groups excluding carboxylic acids is 1. The highest BCUT2D eigenvalue weighted by atomic mass is 19.4. The molecule has 2 aromatic rings. The van der Waals surface area contributed by atoms with Gasteiger partial charge in [-0.3, -0.25) is 9.69 Å². The largest absolute Gasteiger partial charge is 0.493 e. The minimum absolute atomic E-state index is 0.00419. The topological polar surface area (TPSA) is 60.0 Å². The van der Waals surface area contributed by atoms with Crippen LogP contribution in [0.4, 0.5) is 13.2 Å². The number of ether oxygens (including phenoxy) is 3. The van der Waals surface area contributed by atoms with Gasteiger partial charge in [0.2, 0.25) is 5.91 Å². The van der Waals surface area contributed by atoms with Crippen LogP contribution < -0.4 is 19.5 Å². The molecule has 1 heterocycles. The van der Waals surface area contributed by atoms with Gasteiger partial charge in [0.25, 0.3) is 0 Å². The summed E-state index contributed by atoms with van der Waals surface area (Å²) in [4.78, 5) is 15.1. The Labute approximate surface area is 210 Å². The third-order valence-corrected chi connectivity index (χ3v) is 6.31. The maximum absolute atomic E-state index is 13.1. The number of piperidine rings is 1. The van der Waals surface area contributed by atoms with Crippen molar-refractivity contribution in [2.24, 2.45) is 11.8 Å². The molecule has 0 aliphatic carbocycles. The van der Waals surface area contributed by atoms with Gasteiger partial charge in [-0.15, -0.1) is 0 Å². The fraction of sp³-hybridized carbons (Fsp3) is 0.519. The number of alkyl halides is 3. The Kier molecular flexibility index (Phi) is 9.87. The fourth-order valence-electron chi connectivity index (χ4n) is 4.49. The molecule has 1 N–H and O–H groups in total. The van der Waals surface area contributed by atoms with Gasteiger partial charge < -0.3 is 19.5 Å². The molecule has 1 amide bonds. The molecule has 1 saturated heterocycles. The molecule has 1 aliphatic heterocycles. The van der Waals surface area contributed by atoms with Gasteiger partial charge in [-0.05, 0) is 48.7 Å². The van der Waals surface area contributed by atoms with Crippen molar-refractivity contribution in [1.82, 2.24) is 10.2 Å². The Morgan fingerprint density at radius 3 is 2.56 bits per heavy atom. The summed E-state index contributed by atoms with van der Waals surface area (Å²) in [7, 11) is 3.17. The predicted octanol–water partition coefficient (Wildman–Crippen LogP) is 5.16. The van der Waals surface area contributed by atoms with E-state index in [2.05, 4.69) is 17.1 Å². The number of unbranched alkanes of at least 4 members (excludes halogenated alkanes) is 1. The second kappa shape index (κ2) is 12.9. The number of nitrogens with one attached hydrogen (secondary N) is 1. The molecule has 0 saturated carbocycles. The Balaban J connectivity index is 1.71. The average molecular weight is 509 g/mol. The lowest BCUT2D eigenvalue weighted by molar-refractivity contribution is -0.137. The molecule has 198 valence electrons. The van der Waals surface area contributed by atoms with Crippen LogP contribution in [0.2, 0.25) is 0 Å². The van der Waals surface area contributed by atoms with Gasteiger partial charge in [0, 0.05) is 32.1 Å². The van der Waals surface area contributed by atoms with Crippen molar-refractivity contribution in [3.8, 4) is 17.2 Å². The summed E-state index contributed by atoms with van der Waals surface area (Å²) >= 11 is 0. The highest BCUT2D eigenvalue weighted by Crippen LogP contribution is 2.32. The first-order valence-corrected chi connectivity index (χ1v) is 12.2. The first kappa shape index (κ1) is 27.6. The lowest BCUT2D eigenvalue weighted by atomic mass is 9.88. The number of nitrogens with zero attached hydrogens (tertiary/aromatic N) is 1. The maximum Gasteiger partial charge on any atom is 0.416 e. The lowest BCUT2D eigenvalue weighted by Crippen LogP contribution is -2.47.